The molecule has 1 heterocycles. The van der Waals surface area contributed by atoms with E-state index in [0.29, 0.717) is 12.1 Å². The van der Waals surface area contributed by atoms with Crippen molar-refractivity contribution in [3.63, 3.8) is 0 Å². The molecular formula is C15H30N4. The van der Waals surface area contributed by atoms with Crippen LogP contribution < -0.4 is 5.32 Å². The lowest BCUT2D eigenvalue weighted by molar-refractivity contribution is 0.222. The van der Waals surface area contributed by atoms with E-state index in [9.17, 15) is 0 Å². The van der Waals surface area contributed by atoms with E-state index < -0.39 is 0 Å². The van der Waals surface area contributed by atoms with Crippen LogP contribution in [0.25, 0.3) is 0 Å². The highest BCUT2D eigenvalue weighted by Crippen LogP contribution is 2.20. The second-order valence-electron chi connectivity index (χ2n) is 5.68. The van der Waals surface area contributed by atoms with Gasteiger partial charge in [-0.15, -0.1) is 0 Å². The molecule has 19 heavy (non-hydrogen) atoms. The Bertz CT molecular complexity index is 295. The normalized spacial score (nSPS) is 24.9. The van der Waals surface area contributed by atoms with Crippen molar-refractivity contribution in [2.24, 2.45) is 4.99 Å². The summed E-state index contributed by atoms with van der Waals surface area (Å²) in [6.07, 6.45) is 5.28. The van der Waals surface area contributed by atoms with Crippen LogP contribution in [0.15, 0.2) is 4.99 Å². The van der Waals surface area contributed by atoms with Gasteiger partial charge in [-0.3, -0.25) is 9.89 Å². The van der Waals surface area contributed by atoms with E-state index in [2.05, 4.69) is 40.9 Å². The molecule has 1 aliphatic carbocycles. The molecular weight excluding hydrogens is 236 g/mol. The Morgan fingerprint density at radius 3 is 2.47 bits per heavy atom. The molecule has 2 fully saturated rings. The summed E-state index contributed by atoms with van der Waals surface area (Å²) in [6.45, 7) is 12.1. The van der Waals surface area contributed by atoms with Gasteiger partial charge in [0.15, 0.2) is 5.96 Å². The number of guanidine groups is 1. The third-order valence-electron chi connectivity index (χ3n) is 4.54. The molecule has 0 bridgehead atoms. The number of likely N-dealkylation sites (N-methyl/N-ethyl adjacent to an activating group) is 1. The molecule has 0 aromatic heterocycles. The Morgan fingerprint density at radius 2 is 1.95 bits per heavy atom. The maximum Gasteiger partial charge on any atom is 0.194 e. The van der Waals surface area contributed by atoms with Crippen LogP contribution in [0.1, 0.15) is 46.5 Å². The highest BCUT2D eigenvalue weighted by Gasteiger charge is 2.29. The van der Waals surface area contributed by atoms with Gasteiger partial charge in [-0.1, -0.05) is 13.8 Å². The first-order valence-electron chi connectivity index (χ1n) is 8.08. The maximum absolute atomic E-state index is 4.69. The number of nitrogens with zero attached hydrogens (tertiary/aromatic N) is 3. The van der Waals surface area contributed by atoms with Crippen molar-refractivity contribution in [3.8, 4) is 0 Å². The van der Waals surface area contributed by atoms with E-state index >= 15 is 0 Å². The molecule has 1 saturated carbocycles. The summed E-state index contributed by atoms with van der Waals surface area (Å²) in [7, 11) is 0. The Kier molecular flexibility index (Phi) is 5.49. The van der Waals surface area contributed by atoms with Gasteiger partial charge in [0.25, 0.3) is 0 Å². The van der Waals surface area contributed by atoms with Crippen molar-refractivity contribution in [2.75, 3.05) is 32.7 Å². The summed E-state index contributed by atoms with van der Waals surface area (Å²) in [5.41, 5.74) is 0. The minimum absolute atomic E-state index is 0.679. The molecule has 1 aliphatic heterocycles. The van der Waals surface area contributed by atoms with Gasteiger partial charge in [-0.2, -0.15) is 0 Å². The fourth-order valence-electron chi connectivity index (χ4n) is 3.09. The Hall–Kier alpha value is -0.770. The SMILES string of the molecule is CCN=C(NC1CCC1)N1CCC(N(CC)CC)C1. The zero-order valence-corrected chi connectivity index (χ0v) is 12.9. The van der Waals surface area contributed by atoms with Crippen LogP contribution in [0, 0.1) is 0 Å². The van der Waals surface area contributed by atoms with Crippen LogP contribution in [0.2, 0.25) is 0 Å². The van der Waals surface area contributed by atoms with Crippen molar-refractivity contribution in [1.82, 2.24) is 15.1 Å². The van der Waals surface area contributed by atoms with E-state index in [0.717, 1.165) is 38.7 Å². The molecule has 0 spiro atoms. The van der Waals surface area contributed by atoms with Gasteiger partial charge in [0, 0.05) is 31.7 Å². The summed E-state index contributed by atoms with van der Waals surface area (Å²) in [5.74, 6) is 1.15. The number of hydrogen-bond donors (Lipinski definition) is 1. The fourth-order valence-corrected chi connectivity index (χ4v) is 3.09. The zero-order valence-electron chi connectivity index (χ0n) is 12.9. The standard InChI is InChI=1S/C15H30N4/c1-4-16-15(17-13-8-7-9-13)19-11-10-14(12-19)18(5-2)6-3/h13-14H,4-12H2,1-3H3,(H,16,17). The van der Waals surface area contributed by atoms with Gasteiger partial charge >= 0.3 is 0 Å². The molecule has 2 rings (SSSR count). The van der Waals surface area contributed by atoms with Gasteiger partial charge in [-0.25, -0.2) is 0 Å². The van der Waals surface area contributed by atoms with E-state index in [4.69, 9.17) is 0 Å². The minimum Gasteiger partial charge on any atom is -0.354 e. The van der Waals surface area contributed by atoms with E-state index in [1.807, 2.05) is 0 Å². The van der Waals surface area contributed by atoms with Crippen molar-refractivity contribution < 1.29 is 0 Å². The molecule has 0 aromatic rings. The number of hydrogen-bond acceptors (Lipinski definition) is 2. The third-order valence-corrected chi connectivity index (χ3v) is 4.54. The summed E-state index contributed by atoms with van der Waals surface area (Å²) < 4.78 is 0. The maximum atomic E-state index is 4.69. The average Bonchev–Trinajstić information content (AvgIpc) is 2.83. The smallest absolute Gasteiger partial charge is 0.194 e. The highest BCUT2D eigenvalue weighted by atomic mass is 15.3. The van der Waals surface area contributed by atoms with Crippen LogP contribution in [0.4, 0.5) is 0 Å². The van der Waals surface area contributed by atoms with Crippen LogP contribution in [0.5, 0.6) is 0 Å². The van der Waals surface area contributed by atoms with Crippen LogP contribution in [-0.2, 0) is 0 Å². The molecule has 4 heteroatoms. The number of likely N-dealkylation sites (tertiary alicyclic amines) is 1. The summed E-state index contributed by atoms with van der Waals surface area (Å²) in [6, 6.07) is 1.39. The summed E-state index contributed by atoms with van der Waals surface area (Å²) in [4.78, 5) is 9.73. The Morgan fingerprint density at radius 1 is 1.21 bits per heavy atom. The lowest BCUT2D eigenvalue weighted by Gasteiger charge is -2.32. The quantitative estimate of drug-likeness (QED) is 0.609. The van der Waals surface area contributed by atoms with Crippen LogP contribution in [0.3, 0.4) is 0 Å². The number of nitrogens with one attached hydrogen (secondary N) is 1. The summed E-state index contributed by atoms with van der Waals surface area (Å²) >= 11 is 0. The first kappa shape index (κ1) is 14.6. The van der Waals surface area contributed by atoms with Crippen molar-refractivity contribution >= 4 is 5.96 Å². The van der Waals surface area contributed by atoms with Crippen molar-refractivity contribution in [3.05, 3.63) is 0 Å². The monoisotopic (exact) mass is 266 g/mol. The Balaban J connectivity index is 1.90. The van der Waals surface area contributed by atoms with E-state index in [-0.39, 0.29) is 0 Å². The molecule has 0 amide bonds. The molecule has 1 unspecified atom stereocenters. The minimum atomic E-state index is 0.679. The highest BCUT2D eigenvalue weighted by molar-refractivity contribution is 5.80. The predicted octanol–water partition coefficient (Wildman–Crippen LogP) is 1.92. The molecule has 1 N–H and O–H groups in total. The lowest BCUT2D eigenvalue weighted by Crippen LogP contribution is -2.48. The van der Waals surface area contributed by atoms with Crippen LogP contribution >= 0.6 is 0 Å². The largest absolute Gasteiger partial charge is 0.354 e. The topological polar surface area (TPSA) is 30.9 Å². The van der Waals surface area contributed by atoms with E-state index in [1.54, 1.807) is 0 Å². The fraction of sp³-hybridized carbons (Fsp3) is 0.933. The average molecular weight is 266 g/mol. The van der Waals surface area contributed by atoms with Gasteiger partial charge in [-0.05, 0) is 45.7 Å². The third kappa shape index (κ3) is 3.62. The van der Waals surface area contributed by atoms with Crippen molar-refractivity contribution in [2.45, 2.75) is 58.5 Å². The predicted molar refractivity (Wildman–Crippen MR) is 81.6 cm³/mol. The molecule has 110 valence electrons. The van der Waals surface area contributed by atoms with Gasteiger partial charge in [0.05, 0.1) is 0 Å². The van der Waals surface area contributed by atoms with Gasteiger partial charge < -0.3 is 10.2 Å². The second kappa shape index (κ2) is 7.13. The molecule has 0 aromatic carbocycles. The number of aliphatic imine (C=N–C) groups is 1. The molecule has 1 saturated heterocycles. The molecule has 1 atom stereocenters. The van der Waals surface area contributed by atoms with E-state index in [1.165, 1.54) is 25.7 Å². The molecule has 2 aliphatic rings. The van der Waals surface area contributed by atoms with Gasteiger partial charge in [0.2, 0.25) is 0 Å². The lowest BCUT2D eigenvalue weighted by atomic mass is 9.93. The summed E-state index contributed by atoms with van der Waals surface area (Å²) in [5, 5.41) is 3.65. The molecule has 0 radical (unpaired) electrons. The number of rotatable bonds is 5. The second-order valence-corrected chi connectivity index (χ2v) is 5.68. The first-order valence-corrected chi connectivity index (χ1v) is 8.08. The van der Waals surface area contributed by atoms with Crippen LogP contribution in [-0.4, -0.2) is 60.6 Å². The first-order chi connectivity index (χ1) is 9.28. The zero-order chi connectivity index (χ0) is 13.7. The Labute approximate surface area is 118 Å². The molecule has 4 nitrogen and oxygen atoms in total. The van der Waals surface area contributed by atoms with Crippen molar-refractivity contribution in [1.29, 1.82) is 0 Å². The van der Waals surface area contributed by atoms with Gasteiger partial charge in [0.1, 0.15) is 0 Å².